The highest BCUT2D eigenvalue weighted by atomic mass is 127. The van der Waals surface area contributed by atoms with E-state index in [1.807, 2.05) is 0 Å². The second-order valence-corrected chi connectivity index (χ2v) is 5.48. The van der Waals surface area contributed by atoms with Crippen molar-refractivity contribution < 1.29 is 33.2 Å². The van der Waals surface area contributed by atoms with E-state index in [2.05, 4.69) is 29.2 Å². The molecule has 7 nitrogen and oxygen atoms in total. The highest BCUT2D eigenvalue weighted by molar-refractivity contribution is 14.1. The summed E-state index contributed by atoms with van der Waals surface area (Å²) in [6.07, 6.45) is 1.40. The van der Waals surface area contributed by atoms with Gasteiger partial charge in [-0.25, -0.2) is 0 Å². The number of alkyl halides is 1. The normalized spacial score (nSPS) is 10.9. The molecule has 0 N–H and O–H groups in total. The minimum absolute atomic E-state index is 0.518. The minimum Gasteiger partial charge on any atom is -0.499 e. The molecule has 0 rings (SSSR count). The Kier molecular flexibility index (Phi) is 23.1. The van der Waals surface area contributed by atoms with E-state index < -0.39 is 0 Å². The molecule has 0 saturated heterocycles. The molecule has 0 atom stereocenters. The molecule has 0 aromatic rings. The lowest BCUT2D eigenvalue weighted by molar-refractivity contribution is -0.0178. The number of rotatable bonds is 21. The van der Waals surface area contributed by atoms with Crippen molar-refractivity contribution >= 4 is 22.6 Å². The van der Waals surface area contributed by atoms with E-state index in [9.17, 15) is 0 Å². The first-order valence-corrected chi connectivity index (χ1v) is 9.69. The van der Waals surface area contributed by atoms with Crippen LogP contribution < -0.4 is 0 Å². The zero-order valence-electron chi connectivity index (χ0n) is 14.4. The lowest BCUT2D eigenvalue weighted by Gasteiger charge is -2.08. The zero-order chi connectivity index (χ0) is 17.6. The first-order chi connectivity index (χ1) is 11.9. The van der Waals surface area contributed by atoms with Crippen molar-refractivity contribution in [2.45, 2.75) is 0 Å². The Balaban J connectivity index is 2.94. The quantitative estimate of drug-likeness (QED) is 0.111. The summed E-state index contributed by atoms with van der Waals surface area (Å²) < 4.78 is 38.0. The molecule has 8 heteroatoms. The average Bonchev–Trinajstić information content (AvgIpc) is 2.60. The van der Waals surface area contributed by atoms with Crippen LogP contribution in [0.25, 0.3) is 0 Å². The predicted octanol–water partition coefficient (Wildman–Crippen LogP) is 1.68. The van der Waals surface area contributed by atoms with Gasteiger partial charge >= 0.3 is 0 Å². The first kappa shape index (κ1) is 24.0. The van der Waals surface area contributed by atoms with Crippen molar-refractivity contribution in [3.8, 4) is 0 Å². The van der Waals surface area contributed by atoms with E-state index >= 15 is 0 Å². The maximum absolute atomic E-state index is 5.38. The van der Waals surface area contributed by atoms with Crippen LogP contribution in [0.3, 0.4) is 0 Å². The molecule has 0 radical (unpaired) electrons. The van der Waals surface area contributed by atoms with Crippen molar-refractivity contribution in [3.05, 3.63) is 12.8 Å². The fourth-order valence-electron chi connectivity index (χ4n) is 1.45. The third-order valence-corrected chi connectivity index (χ3v) is 2.99. The van der Waals surface area contributed by atoms with Crippen molar-refractivity contribution in [1.29, 1.82) is 0 Å². The van der Waals surface area contributed by atoms with Crippen molar-refractivity contribution in [2.24, 2.45) is 0 Å². The third-order valence-electron chi connectivity index (χ3n) is 2.54. The Morgan fingerprint density at radius 2 is 0.792 bits per heavy atom. The van der Waals surface area contributed by atoms with Crippen LogP contribution in [-0.4, -0.2) is 90.3 Å². The standard InChI is InChI=1S/C16H31IO7/c1-2-18-5-6-20-9-10-22-13-14-24-16-15-23-12-11-21-8-7-19-4-3-17/h2H,1,3-16H2. The van der Waals surface area contributed by atoms with Crippen LogP contribution >= 0.6 is 22.6 Å². The Labute approximate surface area is 159 Å². The van der Waals surface area contributed by atoms with Gasteiger partial charge in [-0.1, -0.05) is 29.2 Å². The Morgan fingerprint density at radius 3 is 1.08 bits per heavy atom. The number of hydrogen-bond donors (Lipinski definition) is 0. The Morgan fingerprint density at radius 1 is 0.500 bits per heavy atom. The van der Waals surface area contributed by atoms with E-state index in [1.165, 1.54) is 6.26 Å². The van der Waals surface area contributed by atoms with E-state index in [0.29, 0.717) is 79.3 Å². The topological polar surface area (TPSA) is 64.6 Å². The highest BCUT2D eigenvalue weighted by Gasteiger charge is 1.94. The zero-order valence-corrected chi connectivity index (χ0v) is 16.6. The third kappa shape index (κ3) is 22.0. The molecule has 0 aliphatic carbocycles. The van der Waals surface area contributed by atoms with Crippen molar-refractivity contribution in [1.82, 2.24) is 0 Å². The van der Waals surface area contributed by atoms with Gasteiger partial charge in [0.2, 0.25) is 0 Å². The smallest absolute Gasteiger partial charge is 0.111 e. The largest absolute Gasteiger partial charge is 0.499 e. The minimum atomic E-state index is 0.518. The van der Waals surface area contributed by atoms with Crippen LogP contribution in [0.1, 0.15) is 0 Å². The highest BCUT2D eigenvalue weighted by Crippen LogP contribution is 1.86. The maximum Gasteiger partial charge on any atom is 0.111 e. The maximum atomic E-state index is 5.38. The molecule has 0 heterocycles. The summed E-state index contributed by atoms with van der Waals surface area (Å²) in [5.74, 6) is 0. The molecule has 0 bridgehead atoms. The fourth-order valence-corrected chi connectivity index (χ4v) is 1.76. The summed E-state index contributed by atoms with van der Waals surface area (Å²) in [7, 11) is 0. The van der Waals surface area contributed by atoms with Gasteiger partial charge < -0.3 is 33.2 Å². The second kappa shape index (κ2) is 23.0. The monoisotopic (exact) mass is 462 g/mol. The van der Waals surface area contributed by atoms with Gasteiger partial charge in [-0.3, -0.25) is 0 Å². The van der Waals surface area contributed by atoms with Crippen LogP contribution in [0.15, 0.2) is 12.8 Å². The van der Waals surface area contributed by atoms with Crippen molar-refractivity contribution in [2.75, 3.05) is 90.3 Å². The molecule has 0 spiro atoms. The van der Waals surface area contributed by atoms with Crippen LogP contribution in [0.2, 0.25) is 0 Å². The number of halogens is 1. The van der Waals surface area contributed by atoms with E-state index in [1.54, 1.807) is 0 Å². The molecule has 0 amide bonds. The van der Waals surface area contributed by atoms with Gasteiger partial charge in [0.1, 0.15) is 6.61 Å². The first-order valence-electron chi connectivity index (χ1n) is 8.16. The van der Waals surface area contributed by atoms with Gasteiger partial charge in [0.25, 0.3) is 0 Å². The molecular weight excluding hydrogens is 431 g/mol. The molecular formula is C16H31IO7. The summed E-state index contributed by atoms with van der Waals surface area (Å²) in [5, 5.41) is 0. The molecule has 0 aliphatic rings. The SMILES string of the molecule is C=COCCOCCOCCOCCOCCOCCOCCI. The molecule has 144 valence electrons. The molecule has 0 saturated carbocycles. The van der Waals surface area contributed by atoms with Crippen LogP contribution in [0.5, 0.6) is 0 Å². The molecule has 0 aromatic heterocycles. The second-order valence-electron chi connectivity index (χ2n) is 4.40. The van der Waals surface area contributed by atoms with Gasteiger partial charge in [0, 0.05) is 4.43 Å². The lowest BCUT2D eigenvalue weighted by Crippen LogP contribution is -2.14. The summed E-state index contributed by atoms with van der Waals surface area (Å²) in [4.78, 5) is 0. The fraction of sp³-hybridized carbons (Fsp3) is 0.875. The molecule has 0 unspecified atom stereocenters. The Hall–Kier alpha value is 0.0300. The average molecular weight is 462 g/mol. The van der Waals surface area contributed by atoms with E-state index in [0.717, 1.165) is 11.0 Å². The molecule has 0 fully saturated rings. The van der Waals surface area contributed by atoms with Gasteiger partial charge in [-0.15, -0.1) is 0 Å². The summed E-state index contributed by atoms with van der Waals surface area (Å²) in [6.45, 7) is 11.0. The molecule has 24 heavy (non-hydrogen) atoms. The summed E-state index contributed by atoms with van der Waals surface area (Å²) in [5.41, 5.74) is 0. The van der Waals surface area contributed by atoms with Gasteiger partial charge in [0.05, 0.1) is 85.5 Å². The van der Waals surface area contributed by atoms with E-state index in [-0.39, 0.29) is 0 Å². The van der Waals surface area contributed by atoms with Crippen molar-refractivity contribution in [3.63, 3.8) is 0 Å². The number of hydrogen-bond acceptors (Lipinski definition) is 7. The lowest BCUT2D eigenvalue weighted by atomic mass is 10.7. The summed E-state index contributed by atoms with van der Waals surface area (Å²) >= 11 is 2.28. The van der Waals surface area contributed by atoms with Gasteiger partial charge in [0.15, 0.2) is 0 Å². The van der Waals surface area contributed by atoms with Crippen LogP contribution in [0, 0.1) is 0 Å². The molecule has 0 aromatic carbocycles. The summed E-state index contributed by atoms with van der Waals surface area (Å²) in [6, 6.07) is 0. The Bertz CT molecular complexity index is 244. The predicted molar refractivity (Wildman–Crippen MR) is 100.0 cm³/mol. The van der Waals surface area contributed by atoms with Gasteiger partial charge in [-0.2, -0.15) is 0 Å². The number of ether oxygens (including phenoxy) is 7. The van der Waals surface area contributed by atoms with E-state index in [4.69, 9.17) is 33.2 Å². The van der Waals surface area contributed by atoms with Gasteiger partial charge in [-0.05, 0) is 0 Å². The molecule has 0 aliphatic heterocycles. The van der Waals surface area contributed by atoms with Crippen LogP contribution in [-0.2, 0) is 33.2 Å². The van der Waals surface area contributed by atoms with Crippen LogP contribution in [0.4, 0.5) is 0 Å².